The van der Waals surface area contributed by atoms with Crippen LogP contribution in [0.1, 0.15) is 26.3 Å². The molecule has 0 fully saturated rings. The van der Waals surface area contributed by atoms with Gasteiger partial charge in [0.2, 0.25) is 0 Å². The van der Waals surface area contributed by atoms with E-state index >= 15 is 0 Å². The maximum atomic E-state index is 12.9. The van der Waals surface area contributed by atoms with Crippen molar-refractivity contribution in [3.8, 4) is 22.4 Å². The standard InChI is InChI=1S/C32H26N2O3/c1-21-16-17-28-27(18-21)29(22-10-4-2-5-11-22)30(23-12-6-3-7-13-23)33(28)19-24(35)20-34-31(36)25-14-8-9-15-26(25)32(34)37/h2-18,24,35H,19-20H2,1H3/t24-/m0/s1. The van der Waals surface area contributed by atoms with Crippen molar-refractivity contribution in [1.82, 2.24) is 9.47 Å². The van der Waals surface area contributed by atoms with Crippen LogP contribution >= 0.6 is 0 Å². The van der Waals surface area contributed by atoms with E-state index in [0.717, 1.165) is 43.8 Å². The molecule has 0 radical (unpaired) electrons. The van der Waals surface area contributed by atoms with Gasteiger partial charge < -0.3 is 9.67 Å². The van der Waals surface area contributed by atoms with Crippen LogP contribution in [0.25, 0.3) is 33.3 Å². The van der Waals surface area contributed by atoms with Crippen LogP contribution in [0.4, 0.5) is 0 Å². The molecular formula is C32H26N2O3. The number of aryl methyl sites for hydroxylation is 1. The number of β-amino-alcohol motifs (C(OH)–C–C–N with tert-alkyl or cyclic N) is 1. The number of fused-ring (bicyclic) bond motifs is 2. The van der Waals surface area contributed by atoms with Crippen molar-refractivity contribution in [3.05, 3.63) is 120 Å². The summed E-state index contributed by atoms with van der Waals surface area (Å²) < 4.78 is 2.12. The Labute approximate surface area is 215 Å². The lowest BCUT2D eigenvalue weighted by Gasteiger charge is -2.21. The molecule has 5 heteroatoms. The van der Waals surface area contributed by atoms with Crippen molar-refractivity contribution in [2.24, 2.45) is 0 Å². The summed E-state index contributed by atoms with van der Waals surface area (Å²) in [6.45, 7) is 2.22. The first-order valence-corrected chi connectivity index (χ1v) is 12.4. The van der Waals surface area contributed by atoms with Gasteiger partial charge in [-0.2, -0.15) is 0 Å². The molecule has 5 aromatic rings. The molecule has 0 saturated carbocycles. The van der Waals surface area contributed by atoms with Gasteiger partial charge in [0.15, 0.2) is 0 Å². The van der Waals surface area contributed by atoms with Gasteiger partial charge in [-0.15, -0.1) is 0 Å². The van der Waals surface area contributed by atoms with Gasteiger partial charge in [0.1, 0.15) is 0 Å². The molecule has 0 spiro atoms. The Morgan fingerprint density at radius 1 is 0.703 bits per heavy atom. The van der Waals surface area contributed by atoms with E-state index in [1.165, 1.54) is 0 Å². The Bertz CT molecular complexity index is 1600. The molecule has 6 rings (SSSR count). The topological polar surface area (TPSA) is 62.5 Å². The second kappa shape index (κ2) is 9.19. The number of hydrogen-bond donors (Lipinski definition) is 1. The van der Waals surface area contributed by atoms with E-state index in [4.69, 9.17) is 0 Å². The van der Waals surface area contributed by atoms with Gasteiger partial charge in [-0.25, -0.2) is 0 Å². The molecule has 0 unspecified atom stereocenters. The molecule has 2 amide bonds. The maximum absolute atomic E-state index is 12.9. The normalized spacial score (nSPS) is 13.8. The monoisotopic (exact) mass is 486 g/mol. The van der Waals surface area contributed by atoms with Gasteiger partial charge in [-0.3, -0.25) is 14.5 Å². The summed E-state index contributed by atoms with van der Waals surface area (Å²) in [5.41, 5.74) is 7.12. The predicted molar refractivity (Wildman–Crippen MR) is 145 cm³/mol. The summed E-state index contributed by atoms with van der Waals surface area (Å²) in [6.07, 6.45) is -0.954. The van der Waals surface area contributed by atoms with Crippen LogP contribution in [0.3, 0.4) is 0 Å². The highest BCUT2D eigenvalue weighted by Gasteiger charge is 2.36. The lowest BCUT2D eigenvalue weighted by molar-refractivity contribution is 0.0523. The van der Waals surface area contributed by atoms with Crippen molar-refractivity contribution in [1.29, 1.82) is 0 Å². The zero-order valence-corrected chi connectivity index (χ0v) is 20.5. The van der Waals surface area contributed by atoms with E-state index in [2.05, 4.69) is 54.0 Å². The first kappa shape index (κ1) is 23.0. The van der Waals surface area contributed by atoms with Crippen LogP contribution in [0.5, 0.6) is 0 Å². The minimum atomic E-state index is -0.954. The summed E-state index contributed by atoms with van der Waals surface area (Å²) in [5, 5.41) is 12.4. The van der Waals surface area contributed by atoms with Gasteiger partial charge in [0, 0.05) is 16.5 Å². The molecule has 1 aromatic heterocycles. The minimum Gasteiger partial charge on any atom is -0.389 e. The number of imide groups is 1. The molecule has 1 aliphatic heterocycles. The molecule has 0 bridgehead atoms. The Morgan fingerprint density at radius 3 is 1.89 bits per heavy atom. The zero-order valence-electron chi connectivity index (χ0n) is 20.5. The first-order chi connectivity index (χ1) is 18.0. The van der Waals surface area contributed by atoms with Crippen molar-refractivity contribution in [3.63, 3.8) is 0 Å². The lowest BCUT2D eigenvalue weighted by Crippen LogP contribution is -2.38. The highest BCUT2D eigenvalue weighted by atomic mass is 16.3. The van der Waals surface area contributed by atoms with Crippen molar-refractivity contribution in [2.45, 2.75) is 19.6 Å². The second-order valence-electron chi connectivity index (χ2n) is 9.51. The van der Waals surface area contributed by atoms with E-state index in [0.29, 0.717) is 11.1 Å². The number of carbonyl (C=O) groups excluding carboxylic acids is 2. The third kappa shape index (κ3) is 3.94. The molecule has 0 aliphatic carbocycles. The smallest absolute Gasteiger partial charge is 0.261 e. The maximum Gasteiger partial charge on any atom is 0.261 e. The fourth-order valence-electron chi connectivity index (χ4n) is 5.34. The Hall–Kier alpha value is -4.48. The average Bonchev–Trinajstić information content (AvgIpc) is 3.36. The Balaban J connectivity index is 1.45. The first-order valence-electron chi connectivity index (χ1n) is 12.4. The molecule has 0 saturated heterocycles. The SMILES string of the molecule is Cc1ccc2c(c1)c(-c1ccccc1)c(-c1ccccc1)n2C[C@H](O)CN1C(=O)c2ccccc2C1=O. The third-order valence-electron chi connectivity index (χ3n) is 6.99. The molecule has 182 valence electrons. The molecule has 2 heterocycles. The van der Waals surface area contributed by atoms with Gasteiger partial charge in [0.05, 0.1) is 36.0 Å². The zero-order chi connectivity index (χ0) is 25.5. The van der Waals surface area contributed by atoms with Gasteiger partial charge in [-0.1, -0.05) is 84.4 Å². The molecule has 1 atom stereocenters. The summed E-state index contributed by atoms with van der Waals surface area (Å²) in [6, 6.07) is 33.5. The van der Waals surface area contributed by atoms with Crippen LogP contribution < -0.4 is 0 Å². The number of nitrogens with zero attached hydrogens (tertiary/aromatic N) is 2. The lowest BCUT2D eigenvalue weighted by atomic mass is 9.98. The largest absolute Gasteiger partial charge is 0.389 e. The number of aliphatic hydroxyl groups excluding tert-OH is 1. The summed E-state index contributed by atoms with van der Waals surface area (Å²) in [5.74, 6) is -0.721. The van der Waals surface area contributed by atoms with Crippen LogP contribution in [0, 0.1) is 6.92 Å². The molecular weight excluding hydrogens is 460 g/mol. The molecule has 5 nitrogen and oxygen atoms in total. The number of benzene rings is 4. The highest BCUT2D eigenvalue weighted by molar-refractivity contribution is 6.21. The van der Waals surface area contributed by atoms with Gasteiger partial charge in [-0.05, 0) is 42.3 Å². The predicted octanol–water partition coefficient (Wildman–Crippen LogP) is 5.94. The quantitative estimate of drug-likeness (QED) is 0.302. The number of amides is 2. The molecule has 4 aromatic carbocycles. The number of aliphatic hydroxyl groups is 1. The number of hydrogen-bond acceptors (Lipinski definition) is 3. The minimum absolute atomic E-state index is 0.0766. The van der Waals surface area contributed by atoms with Crippen molar-refractivity contribution >= 4 is 22.7 Å². The van der Waals surface area contributed by atoms with Crippen LogP contribution in [0.2, 0.25) is 0 Å². The summed E-state index contributed by atoms with van der Waals surface area (Å²) >= 11 is 0. The van der Waals surface area contributed by atoms with Gasteiger partial charge in [0.25, 0.3) is 11.8 Å². The van der Waals surface area contributed by atoms with Crippen molar-refractivity contribution in [2.75, 3.05) is 6.54 Å². The number of rotatable bonds is 6. The number of carbonyl (C=O) groups is 2. The van der Waals surface area contributed by atoms with Crippen LogP contribution in [0.15, 0.2) is 103 Å². The summed E-state index contributed by atoms with van der Waals surface area (Å²) in [7, 11) is 0. The fraction of sp³-hybridized carbons (Fsp3) is 0.125. The van der Waals surface area contributed by atoms with Crippen LogP contribution in [-0.2, 0) is 6.54 Å². The second-order valence-corrected chi connectivity index (χ2v) is 9.51. The van der Waals surface area contributed by atoms with E-state index in [1.54, 1.807) is 24.3 Å². The van der Waals surface area contributed by atoms with Crippen molar-refractivity contribution < 1.29 is 14.7 Å². The average molecular weight is 487 g/mol. The third-order valence-corrected chi connectivity index (χ3v) is 6.99. The van der Waals surface area contributed by atoms with E-state index < -0.39 is 6.10 Å². The Kier molecular flexibility index (Phi) is 5.70. The van der Waals surface area contributed by atoms with Crippen LogP contribution in [-0.4, -0.2) is 39.0 Å². The van der Waals surface area contributed by atoms with Gasteiger partial charge >= 0.3 is 0 Å². The highest BCUT2D eigenvalue weighted by Crippen LogP contribution is 2.41. The van der Waals surface area contributed by atoms with E-state index in [-0.39, 0.29) is 24.9 Å². The fourth-order valence-corrected chi connectivity index (χ4v) is 5.34. The summed E-state index contributed by atoms with van der Waals surface area (Å²) in [4.78, 5) is 27.0. The molecule has 37 heavy (non-hydrogen) atoms. The molecule has 1 N–H and O–H groups in total. The van der Waals surface area contributed by atoms with E-state index in [1.807, 2.05) is 36.4 Å². The Morgan fingerprint density at radius 2 is 1.27 bits per heavy atom. The van der Waals surface area contributed by atoms with E-state index in [9.17, 15) is 14.7 Å². The molecule has 1 aliphatic rings. The number of aromatic nitrogens is 1.